The molecule has 18 heavy (non-hydrogen) atoms. The van der Waals surface area contributed by atoms with Crippen LogP contribution in [0.25, 0.3) is 0 Å². The zero-order valence-corrected chi connectivity index (χ0v) is 11.7. The summed E-state index contributed by atoms with van der Waals surface area (Å²) in [6.45, 7) is 3.47. The minimum absolute atomic E-state index is 0.0685. The monoisotopic (exact) mass is 291 g/mol. The van der Waals surface area contributed by atoms with E-state index in [0.717, 1.165) is 6.54 Å². The predicted octanol–water partition coefficient (Wildman–Crippen LogP) is 3.17. The fourth-order valence-corrected chi connectivity index (χ4v) is 1.86. The summed E-state index contributed by atoms with van der Waals surface area (Å²) in [5.41, 5.74) is 0.318. The molecule has 5 nitrogen and oxygen atoms in total. The first-order valence-electron chi connectivity index (χ1n) is 5.47. The molecule has 0 aliphatic carbocycles. The van der Waals surface area contributed by atoms with Crippen molar-refractivity contribution >= 4 is 34.6 Å². The van der Waals surface area contributed by atoms with Gasteiger partial charge in [-0.3, -0.25) is 10.1 Å². The van der Waals surface area contributed by atoms with Crippen molar-refractivity contribution < 1.29 is 4.92 Å². The number of nitro groups is 1. The zero-order valence-electron chi connectivity index (χ0n) is 10.2. The lowest BCUT2D eigenvalue weighted by atomic mass is 10.1. The van der Waals surface area contributed by atoms with Crippen molar-refractivity contribution in [1.29, 1.82) is 0 Å². The van der Waals surface area contributed by atoms with E-state index in [0.29, 0.717) is 23.2 Å². The second-order valence-electron chi connectivity index (χ2n) is 4.08. The summed E-state index contributed by atoms with van der Waals surface area (Å²) in [5.74, 6) is 0.337. The summed E-state index contributed by atoms with van der Waals surface area (Å²) < 4.78 is 0. The van der Waals surface area contributed by atoms with Gasteiger partial charge in [0, 0.05) is 12.6 Å². The molecule has 0 aliphatic heterocycles. The van der Waals surface area contributed by atoms with Crippen molar-refractivity contribution in [1.82, 2.24) is 5.32 Å². The molecule has 1 unspecified atom stereocenters. The van der Waals surface area contributed by atoms with Crippen LogP contribution in [0.4, 0.5) is 11.4 Å². The van der Waals surface area contributed by atoms with Crippen LogP contribution in [0.2, 0.25) is 10.0 Å². The fraction of sp³-hybridized carbons (Fsp3) is 0.455. The van der Waals surface area contributed by atoms with Crippen LogP contribution in [0.3, 0.4) is 0 Å². The molecular formula is C11H15Cl2N3O2. The number of halogens is 2. The Kier molecular flexibility index (Phi) is 5.65. The third-order valence-corrected chi connectivity index (χ3v) is 3.15. The number of nitrogens with zero attached hydrogens (tertiary/aromatic N) is 1. The second kappa shape index (κ2) is 6.78. The molecule has 0 bridgehead atoms. The van der Waals surface area contributed by atoms with Gasteiger partial charge in [0.1, 0.15) is 5.69 Å². The van der Waals surface area contributed by atoms with Gasteiger partial charge in [0.15, 0.2) is 0 Å². The highest BCUT2D eigenvalue weighted by molar-refractivity contribution is 6.42. The molecule has 7 heteroatoms. The van der Waals surface area contributed by atoms with Gasteiger partial charge in [0.25, 0.3) is 5.69 Å². The Balaban J connectivity index is 2.86. The second-order valence-corrected chi connectivity index (χ2v) is 4.90. The number of nitrogens with one attached hydrogen (secondary N) is 2. The van der Waals surface area contributed by atoms with E-state index in [1.165, 1.54) is 12.1 Å². The van der Waals surface area contributed by atoms with Crippen LogP contribution in [0, 0.1) is 16.0 Å². The Labute approximate surface area is 116 Å². The van der Waals surface area contributed by atoms with Crippen LogP contribution in [0.1, 0.15) is 6.92 Å². The number of benzene rings is 1. The van der Waals surface area contributed by atoms with Crippen molar-refractivity contribution in [2.24, 2.45) is 5.92 Å². The van der Waals surface area contributed by atoms with Crippen molar-refractivity contribution in [3.8, 4) is 0 Å². The Morgan fingerprint density at radius 1 is 1.33 bits per heavy atom. The van der Waals surface area contributed by atoms with Crippen LogP contribution in [0.5, 0.6) is 0 Å². The van der Waals surface area contributed by atoms with Gasteiger partial charge in [-0.1, -0.05) is 30.1 Å². The number of anilines is 1. The fourth-order valence-electron chi connectivity index (χ4n) is 1.53. The number of nitro benzene ring substituents is 1. The number of hydrogen-bond acceptors (Lipinski definition) is 4. The molecule has 0 amide bonds. The van der Waals surface area contributed by atoms with Gasteiger partial charge in [0.2, 0.25) is 0 Å². The van der Waals surface area contributed by atoms with Crippen LogP contribution < -0.4 is 10.6 Å². The lowest BCUT2D eigenvalue weighted by molar-refractivity contribution is -0.383. The summed E-state index contributed by atoms with van der Waals surface area (Å²) in [5, 5.41) is 17.4. The first kappa shape index (κ1) is 15.0. The molecular weight excluding hydrogens is 277 g/mol. The van der Waals surface area contributed by atoms with E-state index in [4.69, 9.17) is 23.2 Å². The van der Waals surface area contributed by atoms with Crippen LogP contribution in [-0.2, 0) is 0 Å². The average molecular weight is 292 g/mol. The third-order valence-electron chi connectivity index (χ3n) is 2.43. The van der Waals surface area contributed by atoms with Crippen LogP contribution in [0.15, 0.2) is 12.1 Å². The van der Waals surface area contributed by atoms with Crippen molar-refractivity contribution in [2.75, 3.05) is 25.5 Å². The van der Waals surface area contributed by atoms with E-state index in [-0.39, 0.29) is 10.7 Å². The molecule has 2 N–H and O–H groups in total. The van der Waals surface area contributed by atoms with Gasteiger partial charge in [-0.05, 0) is 25.6 Å². The molecule has 1 atom stereocenters. The van der Waals surface area contributed by atoms with Crippen LogP contribution in [-0.4, -0.2) is 25.1 Å². The molecule has 0 aliphatic rings. The molecule has 0 radical (unpaired) electrons. The highest BCUT2D eigenvalue weighted by Gasteiger charge is 2.17. The van der Waals surface area contributed by atoms with Crippen molar-refractivity contribution in [3.05, 3.63) is 32.3 Å². The molecule has 1 rings (SSSR count). The molecule has 1 aromatic carbocycles. The molecule has 0 fully saturated rings. The van der Waals surface area contributed by atoms with E-state index >= 15 is 0 Å². The van der Waals surface area contributed by atoms with Gasteiger partial charge in [-0.2, -0.15) is 0 Å². The zero-order chi connectivity index (χ0) is 13.7. The average Bonchev–Trinajstić information content (AvgIpc) is 2.30. The van der Waals surface area contributed by atoms with E-state index < -0.39 is 4.92 Å². The lowest BCUT2D eigenvalue weighted by Crippen LogP contribution is -2.23. The summed E-state index contributed by atoms with van der Waals surface area (Å²) in [7, 11) is 1.86. The summed E-state index contributed by atoms with van der Waals surface area (Å²) in [6, 6.07) is 2.74. The van der Waals surface area contributed by atoms with Crippen molar-refractivity contribution in [3.63, 3.8) is 0 Å². The maximum Gasteiger partial charge on any atom is 0.293 e. The molecule has 0 spiro atoms. The Morgan fingerprint density at radius 3 is 2.50 bits per heavy atom. The quantitative estimate of drug-likeness (QED) is 0.624. The van der Waals surface area contributed by atoms with Crippen molar-refractivity contribution in [2.45, 2.75) is 6.92 Å². The minimum atomic E-state index is -0.479. The Hall–Kier alpha value is -1.04. The Bertz CT molecular complexity index is 441. The van der Waals surface area contributed by atoms with Gasteiger partial charge in [-0.15, -0.1) is 0 Å². The van der Waals surface area contributed by atoms with E-state index in [1.54, 1.807) is 0 Å². The minimum Gasteiger partial charge on any atom is -0.379 e. The Morgan fingerprint density at radius 2 is 1.94 bits per heavy atom. The third kappa shape index (κ3) is 4.01. The van der Waals surface area contributed by atoms with E-state index in [9.17, 15) is 10.1 Å². The van der Waals surface area contributed by atoms with Crippen LogP contribution >= 0.6 is 23.2 Å². The number of hydrogen-bond donors (Lipinski definition) is 2. The topological polar surface area (TPSA) is 67.2 Å². The molecule has 0 saturated carbocycles. The molecule has 0 heterocycles. The molecule has 0 aromatic heterocycles. The summed E-state index contributed by atoms with van der Waals surface area (Å²) >= 11 is 11.6. The van der Waals surface area contributed by atoms with Gasteiger partial charge >= 0.3 is 0 Å². The SMILES string of the molecule is CNCC(C)CNc1cc(Cl)c(Cl)cc1[N+](=O)[O-]. The predicted molar refractivity (Wildman–Crippen MR) is 74.7 cm³/mol. The highest BCUT2D eigenvalue weighted by atomic mass is 35.5. The maximum absolute atomic E-state index is 10.9. The van der Waals surface area contributed by atoms with Gasteiger partial charge in [-0.25, -0.2) is 0 Å². The van der Waals surface area contributed by atoms with Gasteiger partial charge in [0.05, 0.1) is 15.0 Å². The van der Waals surface area contributed by atoms with E-state index in [1.807, 2.05) is 14.0 Å². The summed E-state index contributed by atoms with van der Waals surface area (Å²) in [6.07, 6.45) is 0. The smallest absolute Gasteiger partial charge is 0.293 e. The first-order chi connectivity index (χ1) is 8.45. The highest BCUT2D eigenvalue weighted by Crippen LogP contribution is 2.33. The largest absolute Gasteiger partial charge is 0.379 e. The number of rotatable bonds is 6. The molecule has 1 aromatic rings. The molecule has 100 valence electrons. The standard InChI is InChI=1S/C11H15Cl2N3O2/c1-7(5-14-2)6-15-10-3-8(12)9(13)4-11(10)16(17)18/h3-4,7,14-15H,5-6H2,1-2H3. The van der Waals surface area contributed by atoms with E-state index in [2.05, 4.69) is 10.6 Å². The normalized spacial score (nSPS) is 12.2. The van der Waals surface area contributed by atoms with Gasteiger partial charge < -0.3 is 10.6 Å². The summed E-state index contributed by atoms with van der Waals surface area (Å²) in [4.78, 5) is 10.4. The first-order valence-corrected chi connectivity index (χ1v) is 6.23. The maximum atomic E-state index is 10.9. The molecule has 0 saturated heterocycles. The lowest BCUT2D eigenvalue weighted by Gasteiger charge is -2.13.